The summed E-state index contributed by atoms with van der Waals surface area (Å²) in [6, 6.07) is 3.20. The summed E-state index contributed by atoms with van der Waals surface area (Å²) >= 11 is 0.758. The molecule has 2 atom stereocenters. The molecule has 0 aliphatic carbocycles. The monoisotopic (exact) mass is 540 g/mol. The van der Waals surface area contributed by atoms with Crippen molar-refractivity contribution in [2.75, 3.05) is 43.6 Å². The van der Waals surface area contributed by atoms with Crippen LogP contribution in [-0.2, 0) is 14.3 Å². The molecule has 204 valence electrons. The second kappa shape index (κ2) is 15.1. The third kappa shape index (κ3) is 9.62. The van der Waals surface area contributed by atoms with Gasteiger partial charge in [-0.2, -0.15) is 0 Å². The van der Waals surface area contributed by atoms with Gasteiger partial charge in [0.15, 0.2) is 12.6 Å². The first-order chi connectivity index (χ1) is 17.7. The van der Waals surface area contributed by atoms with Crippen LogP contribution in [0.2, 0.25) is 0 Å². The van der Waals surface area contributed by atoms with Gasteiger partial charge in [-0.15, -0.1) is 10.2 Å². The van der Waals surface area contributed by atoms with Crippen molar-refractivity contribution in [3.63, 3.8) is 0 Å². The van der Waals surface area contributed by atoms with Crippen molar-refractivity contribution in [2.24, 2.45) is 10.2 Å². The molecule has 1 aromatic carbocycles. The Hall–Kier alpha value is -3.24. The maximum atomic E-state index is 11.9. The second-order valence-electron chi connectivity index (χ2n) is 7.62. The fourth-order valence-electron chi connectivity index (χ4n) is 3.01. The molecule has 3 N–H and O–H groups in total. The number of nitrogens with one attached hydrogen (secondary N) is 1. The number of ether oxygens (including phenoxy) is 3. The predicted octanol–water partition coefficient (Wildman–Crippen LogP) is 3.73. The summed E-state index contributed by atoms with van der Waals surface area (Å²) in [5, 5.41) is 41.1. The van der Waals surface area contributed by atoms with E-state index in [0.717, 1.165) is 17.5 Å². The Balaban J connectivity index is 2.40. The van der Waals surface area contributed by atoms with Gasteiger partial charge >= 0.3 is 5.00 Å². The molecule has 1 heterocycles. The highest BCUT2D eigenvalue weighted by Crippen LogP contribution is 2.40. The van der Waals surface area contributed by atoms with E-state index >= 15 is 0 Å². The molecular weight excluding hydrogens is 508 g/mol. The standard InChI is InChI=1S/C22H32N6O8S/c1-5-20(30)35-9-7-27(8-10-36-21(31)6-2)17-11-15(24-14(3)29)16(12-18(17)34-4)25-26-22-23-13-19(37-22)28(32)33/h11-13,20-21,30-31H,5-10H2,1-4H3,(H,24,29). The molecular formula is C22H32N6O8S. The van der Waals surface area contributed by atoms with Gasteiger partial charge in [0, 0.05) is 26.1 Å². The molecule has 1 aromatic heterocycles. The first-order valence-corrected chi connectivity index (χ1v) is 12.4. The lowest BCUT2D eigenvalue weighted by Gasteiger charge is -2.28. The second-order valence-corrected chi connectivity index (χ2v) is 8.60. The summed E-state index contributed by atoms with van der Waals surface area (Å²) in [6.45, 7) is 5.98. The van der Waals surface area contributed by atoms with Crippen LogP contribution in [0.5, 0.6) is 5.75 Å². The minimum atomic E-state index is -0.902. The van der Waals surface area contributed by atoms with Crippen LogP contribution in [0.25, 0.3) is 0 Å². The third-order valence-electron chi connectivity index (χ3n) is 4.89. The number of hydrogen-bond acceptors (Lipinski definition) is 13. The molecule has 2 aromatic rings. The lowest BCUT2D eigenvalue weighted by molar-refractivity contribution is -0.380. The van der Waals surface area contributed by atoms with Gasteiger partial charge in [0.25, 0.3) is 0 Å². The number of aromatic nitrogens is 1. The number of anilines is 2. The van der Waals surface area contributed by atoms with E-state index in [-0.39, 0.29) is 34.9 Å². The predicted molar refractivity (Wildman–Crippen MR) is 137 cm³/mol. The van der Waals surface area contributed by atoms with Gasteiger partial charge in [-0.25, -0.2) is 4.98 Å². The fraction of sp³-hybridized carbons (Fsp3) is 0.545. The molecule has 0 saturated heterocycles. The highest BCUT2D eigenvalue weighted by molar-refractivity contribution is 7.18. The van der Waals surface area contributed by atoms with Gasteiger partial charge in [0.1, 0.15) is 17.6 Å². The molecule has 0 saturated carbocycles. The molecule has 0 bridgehead atoms. The minimum absolute atomic E-state index is 0.0726. The number of rotatable bonds is 16. The molecule has 0 radical (unpaired) electrons. The Bertz CT molecular complexity index is 1050. The smallest absolute Gasteiger partial charge is 0.345 e. The first kappa shape index (κ1) is 30.0. The summed E-state index contributed by atoms with van der Waals surface area (Å²) < 4.78 is 16.4. The summed E-state index contributed by atoms with van der Waals surface area (Å²) in [5.74, 6) is 0.0352. The van der Waals surface area contributed by atoms with E-state index in [2.05, 4.69) is 20.5 Å². The molecule has 37 heavy (non-hydrogen) atoms. The largest absolute Gasteiger partial charge is 0.494 e. The van der Waals surface area contributed by atoms with Gasteiger partial charge in [-0.05, 0) is 30.2 Å². The van der Waals surface area contributed by atoms with Crippen LogP contribution in [0, 0.1) is 10.1 Å². The van der Waals surface area contributed by atoms with E-state index in [4.69, 9.17) is 14.2 Å². The Morgan fingerprint density at radius 2 is 1.81 bits per heavy atom. The maximum Gasteiger partial charge on any atom is 0.345 e. The number of hydrogen-bond donors (Lipinski definition) is 3. The Kier molecular flexibility index (Phi) is 12.2. The van der Waals surface area contributed by atoms with Crippen molar-refractivity contribution in [2.45, 2.75) is 46.2 Å². The SMILES string of the molecule is CCC(O)OCCN(CCOC(O)CC)c1cc(NC(C)=O)c(N=Nc2ncc([N+](=O)[O-])s2)cc1OC. The Morgan fingerprint density at radius 1 is 1.19 bits per heavy atom. The van der Waals surface area contributed by atoms with Gasteiger partial charge in [0.2, 0.25) is 11.0 Å². The third-order valence-corrected chi connectivity index (χ3v) is 5.73. The first-order valence-electron chi connectivity index (χ1n) is 11.5. The van der Waals surface area contributed by atoms with Crippen LogP contribution in [0.15, 0.2) is 28.6 Å². The van der Waals surface area contributed by atoms with Crippen LogP contribution in [0.4, 0.5) is 27.2 Å². The number of thiazole rings is 1. The Labute approximate surface area is 218 Å². The van der Waals surface area contributed by atoms with Gasteiger partial charge in [-0.1, -0.05) is 13.8 Å². The molecule has 0 fully saturated rings. The van der Waals surface area contributed by atoms with Crippen molar-refractivity contribution in [1.82, 2.24) is 4.98 Å². The van der Waals surface area contributed by atoms with E-state index in [1.165, 1.54) is 14.0 Å². The van der Waals surface area contributed by atoms with Crippen molar-refractivity contribution in [3.8, 4) is 5.75 Å². The lowest BCUT2D eigenvalue weighted by Crippen LogP contribution is -2.33. The van der Waals surface area contributed by atoms with Crippen LogP contribution in [-0.4, -0.2) is 72.0 Å². The van der Waals surface area contributed by atoms with Gasteiger partial charge < -0.3 is 34.6 Å². The number of methoxy groups -OCH3 is 1. The molecule has 2 rings (SSSR count). The highest BCUT2D eigenvalue weighted by atomic mass is 32.1. The number of azo groups is 1. The topological polar surface area (TPSA) is 181 Å². The number of aliphatic hydroxyl groups is 2. The molecule has 0 aliphatic rings. The van der Waals surface area contributed by atoms with Crippen LogP contribution in [0.1, 0.15) is 33.6 Å². The highest BCUT2D eigenvalue weighted by Gasteiger charge is 2.19. The van der Waals surface area contributed by atoms with Crippen LogP contribution in [0.3, 0.4) is 0 Å². The zero-order valence-corrected chi connectivity index (χ0v) is 21.9. The molecule has 14 nitrogen and oxygen atoms in total. The zero-order chi connectivity index (χ0) is 27.4. The van der Waals surface area contributed by atoms with Crippen LogP contribution >= 0.6 is 11.3 Å². The Morgan fingerprint density at radius 3 is 2.30 bits per heavy atom. The summed E-state index contributed by atoms with van der Waals surface area (Å²) in [7, 11) is 1.47. The zero-order valence-electron chi connectivity index (χ0n) is 21.1. The molecule has 0 aliphatic heterocycles. The number of carbonyl (C=O) groups is 1. The van der Waals surface area contributed by atoms with Crippen molar-refractivity contribution < 1.29 is 34.1 Å². The number of amides is 1. The van der Waals surface area contributed by atoms with Crippen LogP contribution < -0.4 is 15.0 Å². The van der Waals surface area contributed by atoms with Crippen molar-refractivity contribution in [3.05, 3.63) is 28.4 Å². The average Bonchev–Trinajstić information content (AvgIpc) is 3.35. The summed E-state index contributed by atoms with van der Waals surface area (Å²) in [6.07, 6.45) is 0.153. The van der Waals surface area contributed by atoms with E-state index < -0.39 is 17.5 Å². The minimum Gasteiger partial charge on any atom is -0.494 e. The molecule has 15 heteroatoms. The number of carbonyl (C=O) groups excluding carboxylic acids is 1. The number of nitro groups is 1. The van der Waals surface area contributed by atoms with Gasteiger partial charge in [0.05, 0.1) is 36.6 Å². The van der Waals surface area contributed by atoms with E-state index in [1.807, 2.05) is 4.90 Å². The quantitative estimate of drug-likeness (QED) is 0.123. The van der Waals surface area contributed by atoms with Crippen molar-refractivity contribution >= 4 is 44.4 Å². The number of benzene rings is 1. The molecule has 0 spiro atoms. The fourth-order valence-corrected chi connectivity index (χ4v) is 3.57. The molecule has 1 amide bonds. The lowest BCUT2D eigenvalue weighted by atomic mass is 10.2. The average molecular weight is 541 g/mol. The normalized spacial score (nSPS) is 12.9. The van der Waals surface area contributed by atoms with Crippen molar-refractivity contribution in [1.29, 1.82) is 0 Å². The molecule has 2 unspecified atom stereocenters. The summed E-state index contributed by atoms with van der Waals surface area (Å²) in [5.41, 5.74) is 1.12. The summed E-state index contributed by atoms with van der Waals surface area (Å²) in [4.78, 5) is 28.0. The number of nitrogens with zero attached hydrogens (tertiary/aromatic N) is 5. The number of aliphatic hydroxyl groups excluding tert-OH is 2. The maximum absolute atomic E-state index is 11.9. The van der Waals surface area contributed by atoms with Gasteiger partial charge in [-0.3, -0.25) is 14.9 Å². The van der Waals surface area contributed by atoms with E-state index in [1.54, 1.807) is 26.0 Å². The van der Waals surface area contributed by atoms with E-state index in [0.29, 0.717) is 43.1 Å². The van der Waals surface area contributed by atoms with E-state index in [9.17, 15) is 25.1 Å².